The van der Waals surface area contributed by atoms with E-state index in [1.807, 2.05) is 0 Å². The highest BCUT2D eigenvalue weighted by Gasteiger charge is 2.37. The summed E-state index contributed by atoms with van der Waals surface area (Å²) in [4.78, 5) is 39.1. The molecule has 8 heteroatoms. The van der Waals surface area contributed by atoms with Crippen molar-refractivity contribution in [1.82, 2.24) is 10.6 Å². The van der Waals surface area contributed by atoms with Crippen LogP contribution in [0.4, 0.5) is 10.1 Å². The van der Waals surface area contributed by atoms with Crippen LogP contribution in [0, 0.1) is 11.7 Å². The molecule has 1 aliphatic carbocycles. The molecule has 4 rings (SSSR count). The van der Waals surface area contributed by atoms with Crippen molar-refractivity contribution >= 4 is 35.0 Å². The Morgan fingerprint density at radius 2 is 1.93 bits per heavy atom. The van der Waals surface area contributed by atoms with Crippen LogP contribution in [0.15, 0.2) is 42.5 Å². The van der Waals surface area contributed by atoms with Gasteiger partial charge in [0.25, 0.3) is 5.91 Å². The molecular weight excluding hydrogens is 409 g/mol. The number of nitrogens with one attached hydrogen (secondary N) is 2. The molecule has 1 saturated heterocycles. The van der Waals surface area contributed by atoms with Gasteiger partial charge in [-0.2, -0.15) is 0 Å². The largest absolute Gasteiger partial charge is 0.351 e. The maximum Gasteiger partial charge on any atom is 0.251 e. The lowest BCUT2D eigenvalue weighted by Gasteiger charge is -2.18. The molecule has 30 heavy (non-hydrogen) atoms. The first-order chi connectivity index (χ1) is 14.4. The molecule has 1 aliphatic heterocycles. The molecule has 2 aromatic carbocycles. The second kappa shape index (κ2) is 8.44. The lowest BCUT2D eigenvalue weighted by molar-refractivity contribution is -0.132. The highest BCUT2D eigenvalue weighted by Crippen LogP contribution is 2.27. The first kappa shape index (κ1) is 20.3. The second-order valence-corrected chi connectivity index (χ2v) is 8.06. The Balaban J connectivity index is 1.39. The molecule has 0 unspecified atom stereocenters. The van der Waals surface area contributed by atoms with Gasteiger partial charge in [-0.25, -0.2) is 4.39 Å². The van der Waals surface area contributed by atoms with E-state index in [1.54, 1.807) is 30.3 Å². The zero-order valence-corrected chi connectivity index (χ0v) is 16.9. The van der Waals surface area contributed by atoms with Gasteiger partial charge in [-0.15, -0.1) is 0 Å². The number of carbonyl (C=O) groups excluding carboxylic acids is 3. The lowest BCUT2D eigenvalue weighted by Crippen LogP contribution is -2.36. The fourth-order valence-corrected chi connectivity index (χ4v) is 3.76. The Bertz CT molecular complexity index is 989. The summed E-state index contributed by atoms with van der Waals surface area (Å²) in [6, 6.07) is 11.1. The molecule has 1 atom stereocenters. The van der Waals surface area contributed by atoms with E-state index in [0.717, 1.165) is 12.8 Å². The van der Waals surface area contributed by atoms with E-state index in [2.05, 4.69) is 10.6 Å². The zero-order chi connectivity index (χ0) is 21.3. The smallest absolute Gasteiger partial charge is 0.251 e. The average Bonchev–Trinajstić information content (AvgIpc) is 3.44. The molecule has 0 radical (unpaired) electrons. The van der Waals surface area contributed by atoms with Gasteiger partial charge in [0.15, 0.2) is 0 Å². The van der Waals surface area contributed by atoms with Gasteiger partial charge in [0.2, 0.25) is 11.8 Å². The molecule has 2 aliphatic rings. The van der Waals surface area contributed by atoms with Crippen molar-refractivity contribution in [1.29, 1.82) is 0 Å². The van der Waals surface area contributed by atoms with Crippen molar-refractivity contribution in [2.24, 2.45) is 5.92 Å². The van der Waals surface area contributed by atoms with Gasteiger partial charge in [0.1, 0.15) is 11.7 Å². The normalized spacial score (nSPS) is 18.4. The average molecular weight is 430 g/mol. The van der Waals surface area contributed by atoms with Gasteiger partial charge < -0.3 is 15.5 Å². The highest BCUT2D eigenvalue weighted by atomic mass is 35.5. The summed E-state index contributed by atoms with van der Waals surface area (Å²) in [5, 5.41) is 5.85. The zero-order valence-electron chi connectivity index (χ0n) is 16.2. The van der Waals surface area contributed by atoms with Crippen LogP contribution in [0.1, 0.15) is 35.2 Å². The number of rotatable bonds is 6. The van der Waals surface area contributed by atoms with Gasteiger partial charge in [0.05, 0.1) is 0 Å². The molecule has 0 bridgehead atoms. The van der Waals surface area contributed by atoms with Crippen molar-refractivity contribution in [3.05, 3.63) is 64.4 Å². The van der Waals surface area contributed by atoms with Gasteiger partial charge in [-0.3, -0.25) is 14.4 Å². The third kappa shape index (κ3) is 4.62. The third-order valence-corrected chi connectivity index (χ3v) is 5.46. The number of hydrogen-bond donors (Lipinski definition) is 2. The van der Waals surface area contributed by atoms with Crippen molar-refractivity contribution in [3.63, 3.8) is 0 Å². The first-order valence-corrected chi connectivity index (χ1v) is 10.2. The van der Waals surface area contributed by atoms with E-state index in [-0.39, 0.29) is 29.4 Å². The predicted octanol–water partition coefficient (Wildman–Crippen LogP) is 3.04. The Morgan fingerprint density at radius 3 is 2.67 bits per heavy atom. The van der Waals surface area contributed by atoms with Crippen molar-refractivity contribution in [2.45, 2.75) is 31.8 Å². The van der Waals surface area contributed by atoms with Crippen molar-refractivity contribution < 1.29 is 18.8 Å². The highest BCUT2D eigenvalue weighted by molar-refractivity contribution is 6.30. The van der Waals surface area contributed by atoms with E-state index >= 15 is 0 Å². The van der Waals surface area contributed by atoms with Crippen molar-refractivity contribution in [3.8, 4) is 0 Å². The summed E-state index contributed by atoms with van der Waals surface area (Å²) in [7, 11) is 0. The number of nitrogens with zero attached hydrogens (tertiary/aromatic N) is 1. The van der Waals surface area contributed by atoms with Crippen LogP contribution in [0.2, 0.25) is 5.02 Å². The monoisotopic (exact) mass is 429 g/mol. The van der Waals surface area contributed by atoms with Gasteiger partial charge in [0, 0.05) is 35.4 Å². The number of anilines is 1. The predicted molar refractivity (Wildman–Crippen MR) is 111 cm³/mol. The molecule has 1 saturated carbocycles. The van der Waals surface area contributed by atoms with E-state index in [0.29, 0.717) is 29.8 Å². The number of hydrogen-bond acceptors (Lipinski definition) is 3. The SMILES string of the molecule is O=C(NC1CC1)c1cccc(N2CC[C@H](C(=O)NCc3cc(F)cc(Cl)c3)C2=O)c1. The minimum absolute atomic E-state index is 0.0803. The summed E-state index contributed by atoms with van der Waals surface area (Å²) < 4.78 is 13.4. The van der Waals surface area contributed by atoms with Crippen LogP contribution in [0.25, 0.3) is 0 Å². The number of benzene rings is 2. The molecule has 1 heterocycles. The maximum atomic E-state index is 13.4. The van der Waals surface area contributed by atoms with E-state index in [1.165, 1.54) is 17.0 Å². The molecular formula is C22H21ClFN3O3. The topological polar surface area (TPSA) is 78.5 Å². The summed E-state index contributed by atoms with van der Waals surface area (Å²) in [6.45, 7) is 0.466. The lowest BCUT2D eigenvalue weighted by atomic mass is 10.1. The van der Waals surface area contributed by atoms with E-state index in [9.17, 15) is 18.8 Å². The van der Waals surface area contributed by atoms with Crippen LogP contribution in [0.5, 0.6) is 0 Å². The summed E-state index contributed by atoms with van der Waals surface area (Å²) in [5.41, 5.74) is 1.60. The van der Waals surface area contributed by atoms with Crippen LogP contribution < -0.4 is 15.5 Å². The Labute approximate surface area is 178 Å². The summed E-state index contributed by atoms with van der Waals surface area (Å²) in [5.74, 6) is -2.19. The molecule has 2 aromatic rings. The molecule has 3 amide bonds. The number of carbonyl (C=O) groups is 3. The maximum absolute atomic E-state index is 13.4. The fraction of sp³-hybridized carbons (Fsp3) is 0.318. The first-order valence-electron chi connectivity index (χ1n) is 9.86. The Morgan fingerprint density at radius 1 is 1.13 bits per heavy atom. The molecule has 6 nitrogen and oxygen atoms in total. The minimum Gasteiger partial charge on any atom is -0.351 e. The van der Waals surface area contributed by atoms with Gasteiger partial charge in [-0.05, 0) is 61.2 Å². The third-order valence-electron chi connectivity index (χ3n) is 5.24. The summed E-state index contributed by atoms with van der Waals surface area (Å²) in [6.07, 6.45) is 2.36. The van der Waals surface area contributed by atoms with E-state index in [4.69, 9.17) is 11.6 Å². The number of amides is 3. The van der Waals surface area contributed by atoms with Crippen molar-refractivity contribution in [2.75, 3.05) is 11.4 Å². The Hall–Kier alpha value is -2.93. The van der Waals surface area contributed by atoms with Gasteiger partial charge in [-0.1, -0.05) is 17.7 Å². The van der Waals surface area contributed by atoms with E-state index < -0.39 is 17.6 Å². The van der Waals surface area contributed by atoms with Crippen LogP contribution in [0.3, 0.4) is 0 Å². The number of halogens is 2. The molecule has 156 valence electrons. The molecule has 0 spiro atoms. The van der Waals surface area contributed by atoms with Gasteiger partial charge >= 0.3 is 0 Å². The molecule has 2 fully saturated rings. The standard InChI is InChI=1S/C22H21ClFN3O3/c23-15-8-13(9-16(24)11-15)12-25-21(29)19-6-7-27(22(19)30)18-3-1-2-14(10-18)20(28)26-17-4-5-17/h1-3,8-11,17,19H,4-7,12H2,(H,25,29)(H,26,28)/t19-/m1/s1. The second-order valence-electron chi connectivity index (χ2n) is 7.62. The minimum atomic E-state index is -0.821. The fourth-order valence-electron chi connectivity index (χ4n) is 3.52. The van der Waals surface area contributed by atoms with Crippen LogP contribution >= 0.6 is 11.6 Å². The Kier molecular flexibility index (Phi) is 5.72. The molecule has 0 aromatic heterocycles. The summed E-state index contributed by atoms with van der Waals surface area (Å²) >= 11 is 5.83. The van der Waals surface area contributed by atoms with Crippen LogP contribution in [-0.4, -0.2) is 30.3 Å². The quantitative estimate of drug-likeness (QED) is 0.693. The van der Waals surface area contributed by atoms with Crippen LogP contribution in [-0.2, 0) is 16.1 Å². The molecule has 2 N–H and O–H groups in total.